The monoisotopic (exact) mass is 481 g/mol. The van der Waals surface area contributed by atoms with Gasteiger partial charge in [-0.05, 0) is 55.3 Å². The Hall–Kier alpha value is -1.62. The minimum Gasteiger partial charge on any atom is -0.457 e. The molecule has 0 N–H and O–H groups in total. The first-order valence-electron chi connectivity index (χ1n) is 14.4. The average molecular weight is 482 g/mol. The molecule has 0 amide bonds. The Labute approximate surface area is 212 Å². The van der Waals surface area contributed by atoms with Crippen molar-refractivity contribution in [2.75, 3.05) is 20.1 Å². The van der Waals surface area contributed by atoms with E-state index in [1.807, 2.05) is 0 Å². The van der Waals surface area contributed by atoms with Crippen LogP contribution in [-0.2, 0) is 16.6 Å². The van der Waals surface area contributed by atoms with Gasteiger partial charge in [0.05, 0.1) is 33.2 Å². The van der Waals surface area contributed by atoms with Crippen LogP contribution in [0.15, 0.2) is 30.4 Å². The van der Waals surface area contributed by atoms with Crippen LogP contribution in [0.5, 0.6) is 0 Å². The molecule has 8 atom stereocenters. The number of rotatable bonds is 3. The van der Waals surface area contributed by atoms with E-state index in [1.54, 1.807) is 12.5 Å². The van der Waals surface area contributed by atoms with E-state index >= 15 is 0 Å². The van der Waals surface area contributed by atoms with Crippen LogP contribution in [-0.4, -0.2) is 47.3 Å². The molecule has 0 spiro atoms. The minimum absolute atomic E-state index is 0.0353. The smallest absolute Gasteiger partial charge is 0.303 e. The lowest BCUT2D eigenvalue weighted by molar-refractivity contribution is -0.923. The van der Waals surface area contributed by atoms with Gasteiger partial charge >= 0.3 is 5.97 Å². The van der Waals surface area contributed by atoms with Crippen LogP contribution in [0.4, 0.5) is 0 Å². The first-order chi connectivity index (χ1) is 16.6. The number of carbonyl (C=O) groups is 1. The van der Waals surface area contributed by atoms with Gasteiger partial charge in [-0.25, -0.2) is 9.13 Å². The summed E-state index contributed by atoms with van der Waals surface area (Å²) in [5.41, 5.74) is 2.23. The Morgan fingerprint density at radius 1 is 1.17 bits per heavy atom. The number of hydrogen-bond donors (Lipinski definition) is 0. The molecule has 4 aliphatic carbocycles. The molecule has 5 aliphatic rings. The molecule has 3 saturated carbocycles. The third kappa shape index (κ3) is 3.58. The van der Waals surface area contributed by atoms with Crippen molar-refractivity contribution in [1.82, 2.24) is 4.57 Å². The number of imidazole rings is 1. The number of esters is 1. The normalized spacial score (nSPS) is 44.2. The molecule has 0 aromatic carbocycles. The number of likely N-dealkylation sites (tertiary alicyclic amines) is 1. The molecule has 35 heavy (non-hydrogen) atoms. The predicted molar refractivity (Wildman–Crippen MR) is 136 cm³/mol. The lowest BCUT2D eigenvalue weighted by Gasteiger charge is -2.58. The maximum atomic E-state index is 12.2. The number of carbonyl (C=O) groups excluding carboxylic acids is 1. The number of aryl methyl sites for hydroxylation is 1. The van der Waals surface area contributed by atoms with E-state index in [0.29, 0.717) is 17.3 Å². The van der Waals surface area contributed by atoms with Gasteiger partial charge in [0.25, 0.3) is 0 Å². The van der Waals surface area contributed by atoms with Crippen molar-refractivity contribution >= 4 is 5.97 Å². The molecule has 4 fully saturated rings. The van der Waals surface area contributed by atoms with Crippen LogP contribution < -0.4 is 4.57 Å². The Morgan fingerprint density at radius 2 is 1.94 bits per heavy atom. The van der Waals surface area contributed by atoms with Crippen molar-refractivity contribution in [3.8, 4) is 0 Å². The zero-order valence-electron chi connectivity index (χ0n) is 22.7. The fourth-order valence-electron chi connectivity index (χ4n) is 9.90. The van der Waals surface area contributed by atoms with Crippen molar-refractivity contribution in [2.24, 2.45) is 35.6 Å². The maximum absolute atomic E-state index is 12.2. The summed E-state index contributed by atoms with van der Waals surface area (Å²) in [4.78, 5) is 12.2. The van der Waals surface area contributed by atoms with Gasteiger partial charge in [0.1, 0.15) is 24.5 Å². The summed E-state index contributed by atoms with van der Waals surface area (Å²) in [6, 6.07) is 1.07. The van der Waals surface area contributed by atoms with Crippen LogP contribution >= 0.6 is 0 Å². The second-order valence-electron chi connectivity index (χ2n) is 13.7. The number of allylic oxidation sites excluding steroid dienone is 1. The lowest BCUT2D eigenvalue weighted by Crippen LogP contribution is -2.56. The van der Waals surface area contributed by atoms with Gasteiger partial charge in [0, 0.05) is 38.0 Å². The van der Waals surface area contributed by atoms with E-state index in [4.69, 9.17) is 4.74 Å². The molecule has 5 heteroatoms. The van der Waals surface area contributed by atoms with Gasteiger partial charge in [-0.15, -0.1) is 0 Å². The van der Waals surface area contributed by atoms with E-state index in [0.717, 1.165) is 18.4 Å². The van der Waals surface area contributed by atoms with Crippen molar-refractivity contribution < 1.29 is 18.6 Å². The number of fused-ring (bicyclic) bond motifs is 5. The molecule has 1 saturated heterocycles. The molecule has 1 aliphatic heterocycles. The Kier molecular flexibility index (Phi) is 5.56. The molecular formula is C30H47N3O2+2. The van der Waals surface area contributed by atoms with Gasteiger partial charge in [0.15, 0.2) is 0 Å². The summed E-state index contributed by atoms with van der Waals surface area (Å²) < 4.78 is 11.9. The van der Waals surface area contributed by atoms with Crippen LogP contribution in [0.25, 0.3) is 0 Å². The predicted octanol–water partition coefficient (Wildman–Crippen LogP) is 4.97. The van der Waals surface area contributed by atoms with Gasteiger partial charge in [-0.1, -0.05) is 25.5 Å². The number of aromatic nitrogens is 2. The number of nitrogens with zero attached hydrogens (tertiary/aromatic N) is 3. The standard InChI is InChI=1S/C30H47N3O2/c1-21(34)35-28-27(32-15-14-31(4)20-32)19-26-24-9-8-22-18-23(33(5)16-6-7-17-33)10-12-29(22,2)25(24)11-13-30(26,28)3/h8,14-15,20,23-28H,6-7,9-13,16-19H2,1-5H3/q+2/t23-,24+,25-,26-,27-,28-,29-,30-/m0/s1. The Bertz CT molecular complexity index is 1020. The second kappa shape index (κ2) is 8.19. The highest BCUT2D eigenvalue weighted by Crippen LogP contribution is 2.67. The Morgan fingerprint density at radius 3 is 2.63 bits per heavy atom. The van der Waals surface area contributed by atoms with E-state index in [2.05, 4.69) is 61.9 Å². The molecule has 0 radical (unpaired) electrons. The van der Waals surface area contributed by atoms with Crippen LogP contribution in [0, 0.1) is 28.6 Å². The summed E-state index contributed by atoms with van der Waals surface area (Å²) >= 11 is 0. The first kappa shape index (κ1) is 23.8. The zero-order chi connectivity index (χ0) is 24.6. The molecule has 0 bridgehead atoms. The minimum atomic E-state index is -0.129. The summed E-state index contributed by atoms with van der Waals surface area (Å²) in [7, 11) is 4.61. The van der Waals surface area contributed by atoms with Gasteiger partial charge in [-0.3, -0.25) is 4.79 Å². The third-order valence-electron chi connectivity index (χ3n) is 11.9. The van der Waals surface area contributed by atoms with Gasteiger partial charge in [0.2, 0.25) is 6.33 Å². The average Bonchev–Trinajstić information content (AvgIpc) is 3.51. The summed E-state index contributed by atoms with van der Waals surface area (Å²) in [5.74, 6) is 1.97. The Balaban J connectivity index is 1.30. The van der Waals surface area contributed by atoms with Crippen molar-refractivity contribution in [3.63, 3.8) is 0 Å². The topological polar surface area (TPSA) is 35.1 Å². The maximum Gasteiger partial charge on any atom is 0.303 e. The molecule has 1 aromatic rings. The van der Waals surface area contributed by atoms with Gasteiger partial charge < -0.3 is 9.22 Å². The summed E-state index contributed by atoms with van der Waals surface area (Å²) in [6.07, 6.45) is 20.9. The third-order valence-corrected chi connectivity index (χ3v) is 11.9. The van der Waals surface area contributed by atoms with Crippen molar-refractivity contribution in [3.05, 3.63) is 30.4 Å². The molecule has 192 valence electrons. The molecule has 1 aromatic heterocycles. The molecule has 5 nitrogen and oxygen atoms in total. The van der Waals surface area contributed by atoms with Gasteiger partial charge in [-0.2, -0.15) is 0 Å². The highest BCUT2D eigenvalue weighted by Gasteiger charge is 2.64. The fourth-order valence-corrected chi connectivity index (χ4v) is 9.90. The largest absolute Gasteiger partial charge is 0.457 e. The summed E-state index contributed by atoms with van der Waals surface area (Å²) in [6.45, 7) is 9.43. The first-order valence-corrected chi connectivity index (χ1v) is 14.4. The van der Waals surface area contributed by atoms with Crippen molar-refractivity contribution in [2.45, 2.75) is 96.7 Å². The molecular weight excluding hydrogens is 434 g/mol. The highest BCUT2D eigenvalue weighted by molar-refractivity contribution is 5.66. The number of hydrogen-bond acceptors (Lipinski definition) is 2. The van der Waals surface area contributed by atoms with Crippen LogP contribution in [0.1, 0.15) is 84.6 Å². The van der Waals surface area contributed by atoms with Crippen LogP contribution in [0.2, 0.25) is 0 Å². The molecule has 6 rings (SSSR count). The second-order valence-corrected chi connectivity index (χ2v) is 13.7. The summed E-state index contributed by atoms with van der Waals surface area (Å²) in [5, 5.41) is 0. The van der Waals surface area contributed by atoms with E-state index < -0.39 is 0 Å². The fraction of sp³-hybridized carbons (Fsp3) is 0.800. The zero-order valence-corrected chi connectivity index (χ0v) is 22.7. The number of ether oxygens (including phenoxy) is 1. The van der Waals surface area contributed by atoms with E-state index in [9.17, 15) is 4.79 Å². The SMILES string of the molecule is CC(=O)O[C@H]1[C@@H](n2cc[n+](C)c2)C[C@H]2[C@@H]3CC=C4C[C@@H]([N+]5(C)CCCC5)CC[C@]4(C)[C@H]3CC[C@@]21C. The molecule has 0 unspecified atom stereocenters. The quantitative estimate of drug-likeness (QED) is 0.265. The van der Waals surface area contributed by atoms with Crippen LogP contribution in [0.3, 0.4) is 0 Å². The lowest BCUT2D eigenvalue weighted by atomic mass is 9.47. The molecule has 2 heterocycles. The van der Waals surface area contributed by atoms with E-state index in [-0.39, 0.29) is 23.5 Å². The van der Waals surface area contributed by atoms with E-state index in [1.165, 1.54) is 68.9 Å². The number of quaternary nitrogens is 1. The highest BCUT2D eigenvalue weighted by atomic mass is 16.5. The van der Waals surface area contributed by atoms with Crippen molar-refractivity contribution in [1.29, 1.82) is 0 Å².